The molecule has 1 aliphatic carbocycles. The van der Waals surface area contributed by atoms with E-state index in [1.807, 2.05) is 6.92 Å². The lowest BCUT2D eigenvalue weighted by atomic mass is 9.73. The van der Waals surface area contributed by atoms with Crippen LogP contribution < -0.4 is 5.32 Å². The van der Waals surface area contributed by atoms with E-state index in [2.05, 4.69) is 12.2 Å². The molecule has 0 heterocycles. The van der Waals surface area contributed by atoms with Gasteiger partial charge in [-0.2, -0.15) is 0 Å². The highest BCUT2D eigenvalue weighted by Gasteiger charge is 2.32. The molecule has 1 amide bonds. The maximum Gasteiger partial charge on any atom is 0.223 e. The van der Waals surface area contributed by atoms with Gasteiger partial charge in [-0.15, -0.1) is 0 Å². The van der Waals surface area contributed by atoms with Gasteiger partial charge in [-0.1, -0.05) is 13.3 Å². The normalized spacial score (nSPS) is 29.3. The number of hydrogen-bond donors (Lipinski definition) is 1. The van der Waals surface area contributed by atoms with E-state index in [1.165, 1.54) is 6.42 Å². The molecule has 0 unspecified atom stereocenters. The van der Waals surface area contributed by atoms with Gasteiger partial charge in [0.05, 0.1) is 0 Å². The smallest absolute Gasteiger partial charge is 0.223 e. The molecule has 11 heavy (non-hydrogen) atoms. The first-order chi connectivity index (χ1) is 5.27. The highest BCUT2D eigenvalue weighted by atomic mass is 16.1. The molecule has 0 aromatic carbocycles. The van der Waals surface area contributed by atoms with Crippen molar-refractivity contribution in [2.24, 2.45) is 11.8 Å². The lowest BCUT2D eigenvalue weighted by Gasteiger charge is -2.33. The number of hydrogen-bond acceptors (Lipinski definition) is 1. The molecule has 1 fully saturated rings. The van der Waals surface area contributed by atoms with Gasteiger partial charge < -0.3 is 5.32 Å². The maximum absolute atomic E-state index is 11.2. The highest BCUT2D eigenvalue weighted by molar-refractivity contribution is 5.79. The van der Waals surface area contributed by atoms with Gasteiger partial charge in [0.15, 0.2) is 0 Å². The van der Waals surface area contributed by atoms with Crippen LogP contribution in [0.3, 0.4) is 0 Å². The Morgan fingerprint density at radius 3 is 2.55 bits per heavy atom. The molecule has 1 rings (SSSR count). The molecule has 0 aromatic heterocycles. The molecule has 1 N–H and O–H groups in total. The summed E-state index contributed by atoms with van der Waals surface area (Å²) in [6.45, 7) is 4.93. The summed E-state index contributed by atoms with van der Waals surface area (Å²) in [7, 11) is 0. The molecule has 2 heteroatoms. The highest BCUT2D eigenvalue weighted by Crippen LogP contribution is 2.35. The molecule has 64 valence electrons. The average Bonchev–Trinajstić information content (AvgIpc) is 1.86. The van der Waals surface area contributed by atoms with Gasteiger partial charge in [0, 0.05) is 12.5 Å². The van der Waals surface area contributed by atoms with Crippen molar-refractivity contribution in [1.29, 1.82) is 0 Å². The third-order valence-corrected chi connectivity index (χ3v) is 2.53. The van der Waals surface area contributed by atoms with Crippen molar-refractivity contribution in [2.75, 3.05) is 6.54 Å². The SMILES string of the molecule is CCNC(=O)[C@H]1C[C@@H](CC)C1. The van der Waals surface area contributed by atoms with Crippen LogP contribution in [-0.2, 0) is 4.79 Å². The molecule has 0 radical (unpaired) electrons. The van der Waals surface area contributed by atoms with Gasteiger partial charge in [0.1, 0.15) is 0 Å². The monoisotopic (exact) mass is 155 g/mol. The summed E-state index contributed by atoms with van der Waals surface area (Å²) in [4.78, 5) is 11.2. The summed E-state index contributed by atoms with van der Waals surface area (Å²) in [6.07, 6.45) is 3.46. The van der Waals surface area contributed by atoms with E-state index >= 15 is 0 Å². The first-order valence-corrected chi connectivity index (χ1v) is 4.55. The molecule has 0 spiro atoms. The van der Waals surface area contributed by atoms with Gasteiger partial charge in [-0.25, -0.2) is 0 Å². The summed E-state index contributed by atoms with van der Waals surface area (Å²) in [6, 6.07) is 0. The van der Waals surface area contributed by atoms with E-state index in [-0.39, 0.29) is 5.91 Å². The third-order valence-electron chi connectivity index (χ3n) is 2.53. The zero-order valence-corrected chi connectivity index (χ0v) is 7.39. The molecule has 0 bridgehead atoms. The summed E-state index contributed by atoms with van der Waals surface area (Å²) >= 11 is 0. The van der Waals surface area contributed by atoms with Crippen LogP contribution in [0.2, 0.25) is 0 Å². The summed E-state index contributed by atoms with van der Waals surface area (Å²) < 4.78 is 0. The molecule has 0 aromatic rings. The van der Waals surface area contributed by atoms with Crippen molar-refractivity contribution >= 4 is 5.91 Å². The summed E-state index contributed by atoms with van der Waals surface area (Å²) in [5.41, 5.74) is 0. The van der Waals surface area contributed by atoms with Crippen molar-refractivity contribution in [1.82, 2.24) is 5.32 Å². The van der Waals surface area contributed by atoms with Crippen molar-refractivity contribution in [2.45, 2.75) is 33.1 Å². The fourth-order valence-corrected chi connectivity index (χ4v) is 1.60. The molecular formula is C9H17NO. The average molecular weight is 155 g/mol. The summed E-state index contributed by atoms with van der Waals surface area (Å²) in [5.74, 6) is 1.42. The van der Waals surface area contributed by atoms with Gasteiger partial charge >= 0.3 is 0 Å². The first-order valence-electron chi connectivity index (χ1n) is 4.55. The maximum atomic E-state index is 11.2. The van der Waals surface area contributed by atoms with E-state index in [1.54, 1.807) is 0 Å². The molecular weight excluding hydrogens is 138 g/mol. The van der Waals surface area contributed by atoms with Gasteiger partial charge in [0.2, 0.25) is 5.91 Å². The fraction of sp³-hybridized carbons (Fsp3) is 0.889. The van der Waals surface area contributed by atoms with Crippen molar-refractivity contribution < 1.29 is 4.79 Å². The molecule has 0 aliphatic heterocycles. The van der Waals surface area contributed by atoms with Crippen LogP contribution in [0.25, 0.3) is 0 Å². The fourth-order valence-electron chi connectivity index (χ4n) is 1.60. The van der Waals surface area contributed by atoms with E-state index in [0.29, 0.717) is 5.92 Å². The Bertz CT molecular complexity index is 138. The minimum atomic E-state index is 0.261. The Balaban J connectivity index is 2.16. The second-order valence-electron chi connectivity index (χ2n) is 3.34. The minimum Gasteiger partial charge on any atom is -0.356 e. The van der Waals surface area contributed by atoms with E-state index in [4.69, 9.17) is 0 Å². The third kappa shape index (κ3) is 1.95. The first kappa shape index (κ1) is 8.57. The van der Waals surface area contributed by atoms with Crippen LogP contribution in [0.15, 0.2) is 0 Å². The van der Waals surface area contributed by atoms with Crippen LogP contribution in [-0.4, -0.2) is 12.5 Å². The van der Waals surface area contributed by atoms with E-state index in [0.717, 1.165) is 25.3 Å². The predicted molar refractivity (Wildman–Crippen MR) is 45.2 cm³/mol. The predicted octanol–water partition coefficient (Wildman–Crippen LogP) is 1.56. The summed E-state index contributed by atoms with van der Waals surface area (Å²) in [5, 5.41) is 2.85. The number of nitrogens with one attached hydrogen (secondary N) is 1. The Morgan fingerprint density at radius 2 is 2.09 bits per heavy atom. The molecule has 1 saturated carbocycles. The number of rotatable bonds is 3. The zero-order valence-electron chi connectivity index (χ0n) is 7.39. The second-order valence-corrected chi connectivity index (χ2v) is 3.34. The van der Waals surface area contributed by atoms with Crippen LogP contribution in [0, 0.1) is 11.8 Å². The molecule has 1 aliphatic rings. The Labute approximate surface area is 68.4 Å². The second kappa shape index (κ2) is 3.74. The van der Waals surface area contributed by atoms with Crippen molar-refractivity contribution in [3.8, 4) is 0 Å². The standard InChI is InChI=1S/C9H17NO/c1-3-7-5-8(6-7)9(11)10-4-2/h7-8H,3-6H2,1-2H3,(H,10,11)/t7-,8+. The zero-order chi connectivity index (χ0) is 8.27. The van der Waals surface area contributed by atoms with Crippen LogP contribution in [0.4, 0.5) is 0 Å². The molecule has 0 atom stereocenters. The lowest BCUT2D eigenvalue weighted by Crippen LogP contribution is -2.38. The Kier molecular flexibility index (Phi) is 2.92. The Hall–Kier alpha value is -0.530. The lowest BCUT2D eigenvalue weighted by molar-refractivity contribution is -0.128. The quantitative estimate of drug-likeness (QED) is 0.658. The largest absolute Gasteiger partial charge is 0.356 e. The van der Waals surface area contributed by atoms with E-state index in [9.17, 15) is 4.79 Å². The van der Waals surface area contributed by atoms with Crippen LogP contribution in [0.1, 0.15) is 33.1 Å². The van der Waals surface area contributed by atoms with Crippen molar-refractivity contribution in [3.05, 3.63) is 0 Å². The van der Waals surface area contributed by atoms with Crippen molar-refractivity contribution in [3.63, 3.8) is 0 Å². The molecule has 0 saturated heterocycles. The van der Waals surface area contributed by atoms with Gasteiger partial charge in [-0.05, 0) is 25.7 Å². The number of carbonyl (C=O) groups is 1. The van der Waals surface area contributed by atoms with Gasteiger partial charge in [-0.3, -0.25) is 4.79 Å². The topological polar surface area (TPSA) is 29.1 Å². The van der Waals surface area contributed by atoms with Crippen LogP contribution >= 0.6 is 0 Å². The molecule has 2 nitrogen and oxygen atoms in total. The van der Waals surface area contributed by atoms with E-state index < -0.39 is 0 Å². The Morgan fingerprint density at radius 1 is 1.45 bits per heavy atom. The van der Waals surface area contributed by atoms with Crippen LogP contribution in [0.5, 0.6) is 0 Å². The minimum absolute atomic E-state index is 0.261. The number of amides is 1. The van der Waals surface area contributed by atoms with Gasteiger partial charge in [0.25, 0.3) is 0 Å². The number of carbonyl (C=O) groups excluding carboxylic acids is 1.